The van der Waals surface area contributed by atoms with Crippen molar-refractivity contribution in [1.82, 2.24) is 4.90 Å². The van der Waals surface area contributed by atoms with Gasteiger partial charge in [0.15, 0.2) is 5.78 Å². The van der Waals surface area contributed by atoms with Crippen LogP contribution >= 0.6 is 0 Å². The predicted octanol–water partition coefficient (Wildman–Crippen LogP) is 6.28. The minimum Gasteiger partial charge on any atom is -0.494 e. The molecule has 170 valence electrons. The zero-order valence-corrected chi connectivity index (χ0v) is 19.6. The summed E-state index contributed by atoms with van der Waals surface area (Å²) in [7, 11) is 0. The van der Waals surface area contributed by atoms with Crippen molar-refractivity contribution in [1.29, 1.82) is 0 Å². The van der Waals surface area contributed by atoms with Crippen LogP contribution in [-0.2, 0) is 4.74 Å². The van der Waals surface area contributed by atoms with Gasteiger partial charge in [-0.25, -0.2) is 0 Å². The normalized spacial score (nSPS) is 15.3. The third-order valence-corrected chi connectivity index (χ3v) is 6.24. The summed E-state index contributed by atoms with van der Waals surface area (Å²) < 4.78 is 11.3. The first-order valence-corrected chi connectivity index (χ1v) is 12.2. The Morgan fingerprint density at radius 1 is 0.900 bits per heavy atom. The fourth-order valence-electron chi connectivity index (χ4n) is 4.10. The van der Waals surface area contributed by atoms with E-state index in [2.05, 4.69) is 11.8 Å². The zero-order valence-electron chi connectivity index (χ0n) is 19.6. The van der Waals surface area contributed by atoms with Gasteiger partial charge in [0.05, 0.1) is 25.4 Å². The Morgan fingerprint density at radius 3 is 2.00 bits per heavy atom. The average Bonchev–Trinajstić information content (AvgIpc) is 2.78. The van der Waals surface area contributed by atoms with E-state index in [0.29, 0.717) is 13.2 Å². The molecule has 0 atom stereocenters. The van der Waals surface area contributed by atoms with Crippen LogP contribution in [0.15, 0.2) is 24.3 Å². The lowest BCUT2D eigenvalue weighted by Gasteiger charge is -2.39. The molecule has 30 heavy (non-hydrogen) atoms. The lowest BCUT2D eigenvalue weighted by molar-refractivity contribution is -0.00429. The first-order chi connectivity index (χ1) is 14.6. The highest BCUT2D eigenvalue weighted by Crippen LogP contribution is 2.23. The van der Waals surface area contributed by atoms with E-state index in [1.807, 2.05) is 38.1 Å². The highest BCUT2D eigenvalue weighted by Gasteiger charge is 2.35. The molecular weight excluding hydrogens is 374 g/mol. The van der Waals surface area contributed by atoms with E-state index in [4.69, 9.17) is 9.47 Å². The lowest BCUT2D eigenvalue weighted by atomic mass is 9.91. The van der Waals surface area contributed by atoms with Crippen molar-refractivity contribution in [3.8, 4) is 5.75 Å². The largest absolute Gasteiger partial charge is 0.494 e. The van der Waals surface area contributed by atoms with Crippen molar-refractivity contribution in [3.05, 3.63) is 29.8 Å². The summed E-state index contributed by atoms with van der Waals surface area (Å²) in [6.07, 6.45) is 13.3. The van der Waals surface area contributed by atoms with E-state index < -0.39 is 5.54 Å². The van der Waals surface area contributed by atoms with Gasteiger partial charge in [0, 0.05) is 18.7 Å². The number of ether oxygens (including phenoxy) is 2. The van der Waals surface area contributed by atoms with Crippen LogP contribution < -0.4 is 4.74 Å². The quantitative estimate of drug-likeness (QED) is 0.249. The molecule has 2 rings (SSSR count). The van der Waals surface area contributed by atoms with Gasteiger partial charge in [-0.3, -0.25) is 9.69 Å². The predicted molar refractivity (Wildman–Crippen MR) is 125 cm³/mol. The van der Waals surface area contributed by atoms with Crippen LogP contribution in [0.2, 0.25) is 0 Å². The average molecular weight is 418 g/mol. The lowest BCUT2D eigenvalue weighted by Crippen LogP contribution is -2.54. The van der Waals surface area contributed by atoms with Gasteiger partial charge in [0.1, 0.15) is 5.75 Å². The number of benzene rings is 1. The molecule has 1 aromatic carbocycles. The Morgan fingerprint density at radius 2 is 1.43 bits per heavy atom. The number of carbonyl (C=O) groups is 1. The molecule has 4 nitrogen and oxygen atoms in total. The van der Waals surface area contributed by atoms with Crippen LogP contribution in [0, 0.1) is 0 Å². The maximum atomic E-state index is 13.0. The van der Waals surface area contributed by atoms with Gasteiger partial charge in [0.25, 0.3) is 0 Å². The summed E-state index contributed by atoms with van der Waals surface area (Å²) in [5, 5.41) is 0. The molecule has 4 heteroatoms. The zero-order chi connectivity index (χ0) is 21.7. The Bertz CT molecular complexity index is 591. The van der Waals surface area contributed by atoms with E-state index in [1.54, 1.807) is 0 Å². The maximum Gasteiger partial charge on any atom is 0.182 e. The number of unbranched alkanes of at least 4 members (excludes halogenated alkanes) is 9. The standard InChI is InChI=1S/C26H43NO3/c1-4-5-6-7-8-9-10-11-12-13-20-30-24-16-14-23(15-17-24)25(28)26(2,3)27-18-21-29-22-19-27/h14-17H,4-13,18-22H2,1-3H3. The minimum absolute atomic E-state index is 0.158. The number of hydrogen-bond acceptors (Lipinski definition) is 4. The van der Waals surface area contributed by atoms with E-state index in [9.17, 15) is 4.79 Å². The molecule has 1 saturated heterocycles. The monoisotopic (exact) mass is 417 g/mol. The van der Waals surface area contributed by atoms with Crippen molar-refractivity contribution >= 4 is 5.78 Å². The summed E-state index contributed by atoms with van der Waals surface area (Å²) in [4.78, 5) is 15.2. The number of carbonyl (C=O) groups excluding carboxylic acids is 1. The number of morpholine rings is 1. The van der Waals surface area contributed by atoms with Gasteiger partial charge >= 0.3 is 0 Å². The summed E-state index contributed by atoms with van der Waals surface area (Å²) >= 11 is 0. The smallest absolute Gasteiger partial charge is 0.182 e. The number of nitrogens with zero attached hydrogens (tertiary/aromatic N) is 1. The molecule has 0 radical (unpaired) electrons. The van der Waals surface area contributed by atoms with Gasteiger partial charge < -0.3 is 9.47 Å². The molecule has 0 unspecified atom stereocenters. The Hall–Kier alpha value is -1.39. The van der Waals surface area contributed by atoms with E-state index >= 15 is 0 Å². The van der Waals surface area contributed by atoms with Crippen LogP contribution in [0.1, 0.15) is 95.3 Å². The molecule has 0 N–H and O–H groups in total. The third-order valence-electron chi connectivity index (χ3n) is 6.24. The van der Waals surface area contributed by atoms with Crippen LogP contribution in [0.25, 0.3) is 0 Å². The van der Waals surface area contributed by atoms with Crippen LogP contribution in [0.5, 0.6) is 5.75 Å². The molecule has 1 aliphatic rings. The van der Waals surface area contributed by atoms with Crippen molar-refractivity contribution in [2.24, 2.45) is 0 Å². The number of rotatable bonds is 15. The highest BCUT2D eigenvalue weighted by atomic mass is 16.5. The van der Waals surface area contributed by atoms with Crippen LogP contribution in [-0.4, -0.2) is 49.1 Å². The SMILES string of the molecule is CCCCCCCCCCCCOc1ccc(C(=O)C(C)(C)N2CCOCC2)cc1. The first-order valence-electron chi connectivity index (χ1n) is 12.2. The highest BCUT2D eigenvalue weighted by molar-refractivity contribution is 6.02. The van der Waals surface area contributed by atoms with Crippen molar-refractivity contribution in [2.45, 2.75) is 90.5 Å². The van der Waals surface area contributed by atoms with E-state index in [1.165, 1.54) is 57.8 Å². The summed E-state index contributed by atoms with van der Waals surface area (Å²) in [5.41, 5.74) is 0.236. The minimum atomic E-state index is -0.512. The molecule has 0 aliphatic carbocycles. The molecule has 1 aliphatic heterocycles. The molecule has 1 fully saturated rings. The molecule has 1 heterocycles. The molecule has 0 bridgehead atoms. The fraction of sp³-hybridized carbons (Fsp3) is 0.731. The van der Waals surface area contributed by atoms with Crippen LogP contribution in [0.3, 0.4) is 0 Å². The molecule has 0 aromatic heterocycles. The maximum absolute atomic E-state index is 13.0. The van der Waals surface area contributed by atoms with Gasteiger partial charge in [-0.15, -0.1) is 0 Å². The van der Waals surface area contributed by atoms with Gasteiger partial charge in [-0.1, -0.05) is 64.7 Å². The van der Waals surface area contributed by atoms with Crippen molar-refractivity contribution in [3.63, 3.8) is 0 Å². The van der Waals surface area contributed by atoms with Gasteiger partial charge in [-0.2, -0.15) is 0 Å². The first kappa shape index (κ1) is 24.9. The number of ketones is 1. The summed E-state index contributed by atoms with van der Waals surface area (Å²) in [6.45, 7) is 10.0. The Labute approximate surface area is 184 Å². The topological polar surface area (TPSA) is 38.8 Å². The molecule has 1 aromatic rings. The third kappa shape index (κ3) is 8.39. The van der Waals surface area contributed by atoms with E-state index in [-0.39, 0.29) is 5.78 Å². The summed E-state index contributed by atoms with van der Waals surface area (Å²) in [5.74, 6) is 1.01. The Kier molecular flexibility index (Phi) is 11.5. The van der Waals surface area contributed by atoms with Crippen molar-refractivity contribution in [2.75, 3.05) is 32.9 Å². The molecule has 0 saturated carbocycles. The molecular formula is C26H43NO3. The second-order valence-corrected chi connectivity index (χ2v) is 9.04. The van der Waals surface area contributed by atoms with Gasteiger partial charge in [0.2, 0.25) is 0 Å². The van der Waals surface area contributed by atoms with E-state index in [0.717, 1.165) is 37.4 Å². The molecule has 0 amide bonds. The van der Waals surface area contributed by atoms with Crippen LogP contribution in [0.4, 0.5) is 0 Å². The second kappa shape index (κ2) is 13.8. The van der Waals surface area contributed by atoms with Crippen molar-refractivity contribution < 1.29 is 14.3 Å². The van der Waals surface area contributed by atoms with Gasteiger partial charge in [-0.05, 0) is 44.5 Å². The summed E-state index contributed by atoms with van der Waals surface area (Å²) in [6, 6.07) is 7.66. The number of hydrogen-bond donors (Lipinski definition) is 0. The second-order valence-electron chi connectivity index (χ2n) is 9.04. The number of Topliss-reactive ketones (excluding diaryl/α,β-unsaturated/α-hetero) is 1. The Balaban J connectivity index is 1.62. The fourth-order valence-corrected chi connectivity index (χ4v) is 4.10. The molecule has 0 spiro atoms.